The molecular formula is C18H23NO2. The van der Waals surface area contributed by atoms with Crippen molar-refractivity contribution < 1.29 is 9.84 Å². The maximum absolute atomic E-state index is 9.39. The van der Waals surface area contributed by atoms with Gasteiger partial charge < -0.3 is 9.84 Å². The van der Waals surface area contributed by atoms with Crippen molar-refractivity contribution in [3.63, 3.8) is 0 Å². The Morgan fingerprint density at radius 1 is 1.05 bits per heavy atom. The number of aliphatic hydroxyl groups excluding tert-OH is 1. The minimum absolute atomic E-state index is 0.00950. The molecule has 2 rings (SSSR count). The number of rotatable bonds is 5. The third-order valence-corrected chi connectivity index (χ3v) is 3.41. The molecule has 0 bridgehead atoms. The van der Waals surface area contributed by atoms with E-state index in [9.17, 15) is 5.11 Å². The summed E-state index contributed by atoms with van der Waals surface area (Å²) >= 11 is 0. The van der Waals surface area contributed by atoms with E-state index in [1.54, 1.807) is 6.07 Å². The maximum atomic E-state index is 9.39. The van der Waals surface area contributed by atoms with Crippen LogP contribution in [0.15, 0.2) is 36.4 Å². The number of nitrogens with zero attached hydrogens (tertiary/aromatic N) is 1. The lowest BCUT2D eigenvalue weighted by Crippen LogP contribution is -2.00. The quantitative estimate of drug-likeness (QED) is 0.872. The van der Waals surface area contributed by atoms with Gasteiger partial charge in [0.2, 0.25) is 5.88 Å². The zero-order chi connectivity index (χ0) is 15.4. The molecule has 21 heavy (non-hydrogen) atoms. The van der Waals surface area contributed by atoms with E-state index in [0.717, 1.165) is 22.6 Å². The molecule has 2 aromatic rings. The molecule has 0 saturated carbocycles. The third kappa shape index (κ3) is 3.82. The molecule has 1 heterocycles. The van der Waals surface area contributed by atoms with Crippen LogP contribution in [0.4, 0.5) is 0 Å². The molecule has 0 atom stereocenters. The van der Waals surface area contributed by atoms with Gasteiger partial charge in [-0.05, 0) is 35.1 Å². The second-order valence-electron chi connectivity index (χ2n) is 5.85. The monoisotopic (exact) mass is 285 g/mol. The minimum Gasteiger partial charge on any atom is -0.439 e. The Kier molecular flexibility index (Phi) is 4.97. The summed E-state index contributed by atoms with van der Waals surface area (Å²) < 4.78 is 5.98. The molecule has 3 heteroatoms. The summed E-state index contributed by atoms with van der Waals surface area (Å²) in [5.41, 5.74) is 2.91. The van der Waals surface area contributed by atoms with Crippen molar-refractivity contribution in [1.29, 1.82) is 0 Å². The van der Waals surface area contributed by atoms with Crippen molar-refractivity contribution in [1.82, 2.24) is 4.98 Å². The van der Waals surface area contributed by atoms with Gasteiger partial charge in [0.1, 0.15) is 5.75 Å². The highest BCUT2D eigenvalue weighted by Gasteiger charge is 2.11. The van der Waals surface area contributed by atoms with Gasteiger partial charge in [0.15, 0.2) is 0 Å². The molecule has 0 spiro atoms. The van der Waals surface area contributed by atoms with Crippen LogP contribution in [0.25, 0.3) is 0 Å². The summed E-state index contributed by atoms with van der Waals surface area (Å²) in [7, 11) is 0. The van der Waals surface area contributed by atoms with Crippen LogP contribution in [-0.2, 0) is 6.61 Å². The van der Waals surface area contributed by atoms with Crippen molar-refractivity contribution in [2.45, 2.75) is 46.1 Å². The van der Waals surface area contributed by atoms with E-state index < -0.39 is 0 Å². The molecule has 0 aliphatic rings. The SMILES string of the molecule is CC(C)c1cc(CO)cc(Oc2ccccc2C(C)C)n1. The Morgan fingerprint density at radius 2 is 1.76 bits per heavy atom. The Morgan fingerprint density at radius 3 is 2.38 bits per heavy atom. The predicted octanol–water partition coefficient (Wildman–Crippen LogP) is 4.61. The lowest BCUT2D eigenvalue weighted by Gasteiger charge is -2.15. The van der Waals surface area contributed by atoms with Crippen LogP contribution in [0.2, 0.25) is 0 Å². The Balaban J connectivity index is 2.37. The van der Waals surface area contributed by atoms with Gasteiger partial charge in [0.05, 0.1) is 6.61 Å². The van der Waals surface area contributed by atoms with Gasteiger partial charge in [-0.2, -0.15) is 0 Å². The van der Waals surface area contributed by atoms with Gasteiger partial charge in [0.25, 0.3) is 0 Å². The number of ether oxygens (including phenoxy) is 1. The molecule has 0 radical (unpaired) electrons. The summed E-state index contributed by atoms with van der Waals surface area (Å²) in [6.07, 6.45) is 0. The molecule has 0 fully saturated rings. The molecular weight excluding hydrogens is 262 g/mol. The lowest BCUT2D eigenvalue weighted by atomic mass is 10.0. The summed E-state index contributed by atoms with van der Waals surface area (Å²) in [5.74, 6) is 2.04. The number of para-hydroxylation sites is 1. The van der Waals surface area contributed by atoms with Crippen LogP contribution in [-0.4, -0.2) is 10.1 Å². The molecule has 1 aromatic carbocycles. The lowest BCUT2D eigenvalue weighted by molar-refractivity contribution is 0.280. The Bertz CT molecular complexity index is 606. The van der Waals surface area contributed by atoms with Crippen molar-refractivity contribution >= 4 is 0 Å². The van der Waals surface area contributed by atoms with Crippen LogP contribution in [0.3, 0.4) is 0 Å². The first-order valence-corrected chi connectivity index (χ1v) is 7.39. The first-order chi connectivity index (χ1) is 10.0. The van der Waals surface area contributed by atoms with Crippen LogP contribution in [0.1, 0.15) is 56.4 Å². The van der Waals surface area contributed by atoms with E-state index in [1.165, 1.54) is 0 Å². The fraction of sp³-hybridized carbons (Fsp3) is 0.389. The number of benzene rings is 1. The third-order valence-electron chi connectivity index (χ3n) is 3.41. The smallest absolute Gasteiger partial charge is 0.219 e. The molecule has 0 aliphatic heterocycles. The maximum Gasteiger partial charge on any atom is 0.219 e. The van der Waals surface area contributed by atoms with Crippen molar-refractivity contribution in [2.24, 2.45) is 0 Å². The van der Waals surface area contributed by atoms with Crippen LogP contribution >= 0.6 is 0 Å². The normalized spacial score (nSPS) is 11.2. The summed E-state index contributed by atoms with van der Waals surface area (Å²) in [6, 6.07) is 11.7. The Labute approximate surface area is 126 Å². The van der Waals surface area contributed by atoms with Crippen LogP contribution in [0.5, 0.6) is 11.6 Å². The number of hydrogen-bond donors (Lipinski definition) is 1. The Hall–Kier alpha value is -1.87. The van der Waals surface area contributed by atoms with Crippen molar-refractivity contribution in [2.75, 3.05) is 0 Å². The fourth-order valence-electron chi connectivity index (χ4n) is 2.18. The van der Waals surface area contributed by atoms with Gasteiger partial charge >= 0.3 is 0 Å². The predicted molar refractivity (Wildman–Crippen MR) is 84.9 cm³/mol. The van der Waals surface area contributed by atoms with Gasteiger partial charge in [-0.25, -0.2) is 4.98 Å². The summed E-state index contributed by atoms with van der Waals surface area (Å²) in [6.45, 7) is 8.42. The second kappa shape index (κ2) is 6.72. The first-order valence-electron chi connectivity index (χ1n) is 7.39. The minimum atomic E-state index is -0.00950. The molecule has 1 N–H and O–H groups in total. The van der Waals surface area contributed by atoms with E-state index in [-0.39, 0.29) is 6.61 Å². The second-order valence-corrected chi connectivity index (χ2v) is 5.85. The number of pyridine rings is 1. The highest BCUT2D eigenvalue weighted by molar-refractivity contribution is 5.39. The molecule has 0 amide bonds. The molecule has 0 unspecified atom stereocenters. The zero-order valence-corrected chi connectivity index (χ0v) is 13.1. The van der Waals surface area contributed by atoms with Gasteiger partial charge in [0, 0.05) is 11.8 Å². The van der Waals surface area contributed by atoms with E-state index in [2.05, 4.69) is 38.7 Å². The largest absolute Gasteiger partial charge is 0.439 e. The molecule has 112 valence electrons. The van der Waals surface area contributed by atoms with Crippen LogP contribution in [0, 0.1) is 0 Å². The van der Waals surface area contributed by atoms with E-state index >= 15 is 0 Å². The molecule has 1 aromatic heterocycles. The highest BCUT2D eigenvalue weighted by Crippen LogP contribution is 2.30. The van der Waals surface area contributed by atoms with E-state index in [0.29, 0.717) is 17.7 Å². The van der Waals surface area contributed by atoms with E-state index in [1.807, 2.05) is 24.3 Å². The highest BCUT2D eigenvalue weighted by atomic mass is 16.5. The van der Waals surface area contributed by atoms with Gasteiger partial charge in [-0.1, -0.05) is 45.9 Å². The molecule has 3 nitrogen and oxygen atoms in total. The summed E-state index contributed by atoms with van der Waals surface area (Å²) in [5, 5.41) is 9.39. The van der Waals surface area contributed by atoms with Crippen molar-refractivity contribution in [3.8, 4) is 11.6 Å². The topological polar surface area (TPSA) is 42.4 Å². The first kappa shape index (κ1) is 15.5. The number of aliphatic hydroxyl groups is 1. The number of hydrogen-bond acceptors (Lipinski definition) is 3. The standard InChI is InChI=1S/C18H23NO2/c1-12(2)15-7-5-6-8-17(15)21-18-10-14(11-20)9-16(19-18)13(3)4/h5-10,12-13,20H,11H2,1-4H3. The average Bonchev–Trinajstić information content (AvgIpc) is 2.47. The van der Waals surface area contributed by atoms with Gasteiger partial charge in [-0.3, -0.25) is 0 Å². The average molecular weight is 285 g/mol. The van der Waals surface area contributed by atoms with E-state index in [4.69, 9.17) is 4.74 Å². The summed E-state index contributed by atoms with van der Waals surface area (Å²) in [4.78, 5) is 4.54. The van der Waals surface area contributed by atoms with Gasteiger partial charge in [-0.15, -0.1) is 0 Å². The number of aromatic nitrogens is 1. The van der Waals surface area contributed by atoms with Crippen LogP contribution < -0.4 is 4.74 Å². The molecule has 0 saturated heterocycles. The molecule has 0 aliphatic carbocycles. The van der Waals surface area contributed by atoms with Crippen molar-refractivity contribution in [3.05, 3.63) is 53.2 Å². The zero-order valence-electron chi connectivity index (χ0n) is 13.1. The fourth-order valence-corrected chi connectivity index (χ4v) is 2.18.